The molecule has 0 atom stereocenters. The summed E-state index contributed by atoms with van der Waals surface area (Å²) >= 11 is 0. The van der Waals surface area contributed by atoms with Crippen molar-refractivity contribution >= 4 is 5.69 Å². The van der Waals surface area contributed by atoms with Crippen LogP contribution in [0.5, 0.6) is 5.75 Å². The van der Waals surface area contributed by atoms with Gasteiger partial charge in [-0.1, -0.05) is 24.3 Å². The molecule has 0 heterocycles. The van der Waals surface area contributed by atoms with E-state index in [1.807, 2.05) is 32.0 Å². The molecule has 0 spiro atoms. The van der Waals surface area contributed by atoms with Gasteiger partial charge in [-0.05, 0) is 42.2 Å². The third-order valence-electron chi connectivity index (χ3n) is 3.42. The van der Waals surface area contributed by atoms with E-state index in [4.69, 9.17) is 9.84 Å². The van der Waals surface area contributed by atoms with Crippen LogP contribution in [0.1, 0.15) is 22.3 Å². The number of hydrogen-bond acceptors (Lipinski definition) is 4. The number of aliphatic hydroxyl groups is 1. The summed E-state index contributed by atoms with van der Waals surface area (Å²) in [5, 5.41) is 20.1. The molecule has 1 N–H and O–H groups in total. The highest BCUT2D eigenvalue weighted by Crippen LogP contribution is 2.29. The lowest BCUT2D eigenvalue weighted by molar-refractivity contribution is -0.386. The number of aliphatic hydroxyl groups excluding tert-OH is 1. The summed E-state index contributed by atoms with van der Waals surface area (Å²) in [5.41, 5.74) is 3.56. The van der Waals surface area contributed by atoms with Gasteiger partial charge in [0.1, 0.15) is 6.61 Å². The normalized spacial score (nSPS) is 10.4. The molecule has 0 bridgehead atoms. The molecule has 0 saturated carbocycles. The number of rotatable bonds is 5. The van der Waals surface area contributed by atoms with Crippen molar-refractivity contribution in [2.24, 2.45) is 0 Å². The first-order chi connectivity index (χ1) is 10.0. The second kappa shape index (κ2) is 6.37. The third-order valence-corrected chi connectivity index (χ3v) is 3.42. The zero-order valence-corrected chi connectivity index (χ0v) is 12.0. The van der Waals surface area contributed by atoms with E-state index in [0.29, 0.717) is 5.56 Å². The molecule has 0 aliphatic heterocycles. The molecule has 2 aromatic rings. The van der Waals surface area contributed by atoms with Gasteiger partial charge in [0.05, 0.1) is 11.5 Å². The number of nitro groups is 1. The van der Waals surface area contributed by atoms with E-state index in [0.717, 1.165) is 16.7 Å². The van der Waals surface area contributed by atoms with E-state index < -0.39 is 4.92 Å². The van der Waals surface area contributed by atoms with Crippen LogP contribution in [0.15, 0.2) is 36.4 Å². The molecule has 5 nitrogen and oxygen atoms in total. The maximum Gasteiger partial charge on any atom is 0.311 e. The van der Waals surface area contributed by atoms with Gasteiger partial charge in [-0.25, -0.2) is 0 Å². The lowest BCUT2D eigenvalue weighted by Gasteiger charge is -2.12. The van der Waals surface area contributed by atoms with E-state index >= 15 is 0 Å². The van der Waals surface area contributed by atoms with Gasteiger partial charge in [-0.3, -0.25) is 10.1 Å². The molecule has 0 radical (unpaired) electrons. The van der Waals surface area contributed by atoms with Crippen LogP contribution in [0.3, 0.4) is 0 Å². The zero-order chi connectivity index (χ0) is 15.4. The maximum absolute atomic E-state index is 11.1. The Morgan fingerprint density at radius 1 is 1.19 bits per heavy atom. The number of hydrogen-bond donors (Lipinski definition) is 1. The van der Waals surface area contributed by atoms with Gasteiger partial charge in [0.15, 0.2) is 5.75 Å². The van der Waals surface area contributed by atoms with Gasteiger partial charge in [-0.15, -0.1) is 0 Å². The highest BCUT2D eigenvalue weighted by molar-refractivity contribution is 5.49. The molecular weight excluding hydrogens is 270 g/mol. The first-order valence-electron chi connectivity index (χ1n) is 6.59. The van der Waals surface area contributed by atoms with E-state index in [2.05, 4.69) is 0 Å². The maximum atomic E-state index is 11.1. The summed E-state index contributed by atoms with van der Waals surface area (Å²) in [6.45, 7) is 4.00. The summed E-state index contributed by atoms with van der Waals surface area (Å²) in [6, 6.07) is 10.4. The van der Waals surface area contributed by atoms with E-state index in [-0.39, 0.29) is 24.7 Å². The molecule has 2 aromatic carbocycles. The fraction of sp³-hybridized carbons (Fsp3) is 0.250. The van der Waals surface area contributed by atoms with Crippen molar-refractivity contribution in [3.63, 3.8) is 0 Å². The molecule has 0 unspecified atom stereocenters. The minimum absolute atomic E-state index is 0.132. The Labute approximate surface area is 123 Å². The first-order valence-corrected chi connectivity index (χ1v) is 6.59. The summed E-state index contributed by atoms with van der Waals surface area (Å²) in [4.78, 5) is 10.6. The van der Waals surface area contributed by atoms with E-state index in [1.54, 1.807) is 6.07 Å². The fourth-order valence-corrected chi connectivity index (χ4v) is 2.15. The SMILES string of the molecule is Cc1cccc(C)c1COc1ccc(CO)cc1[N+](=O)[O-]. The van der Waals surface area contributed by atoms with Crippen LogP contribution in [0.4, 0.5) is 5.69 Å². The Balaban J connectivity index is 2.26. The molecule has 2 rings (SSSR count). The molecule has 110 valence electrons. The molecule has 0 saturated heterocycles. The van der Waals surface area contributed by atoms with Crippen LogP contribution < -0.4 is 4.74 Å². The van der Waals surface area contributed by atoms with Crippen LogP contribution >= 0.6 is 0 Å². The topological polar surface area (TPSA) is 72.6 Å². The predicted octanol–water partition coefficient (Wildman–Crippen LogP) is 3.28. The van der Waals surface area contributed by atoms with Crippen molar-refractivity contribution in [3.05, 3.63) is 68.8 Å². The number of aryl methyl sites for hydroxylation is 2. The van der Waals surface area contributed by atoms with Crippen LogP contribution in [-0.2, 0) is 13.2 Å². The van der Waals surface area contributed by atoms with Crippen molar-refractivity contribution in [2.75, 3.05) is 0 Å². The standard InChI is InChI=1S/C16H17NO4/c1-11-4-3-5-12(2)14(11)10-21-16-7-6-13(9-18)8-15(16)17(19)20/h3-8,18H,9-10H2,1-2H3. The Morgan fingerprint density at radius 2 is 1.86 bits per heavy atom. The molecule has 0 fully saturated rings. The average Bonchev–Trinajstić information content (AvgIpc) is 2.46. The van der Waals surface area contributed by atoms with Crippen LogP contribution in [0.2, 0.25) is 0 Å². The zero-order valence-electron chi connectivity index (χ0n) is 12.0. The van der Waals surface area contributed by atoms with Gasteiger partial charge in [0.25, 0.3) is 0 Å². The average molecular weight is 287 g/mol. The summed E-state index contributed by atoms with van der Waals surface area (Å²) in [6.07, 6.45) is 0. The number of benzene rings is 2. The molecule has 21 heavy (non-hydrogen) atoms. The van der Waals surface area contributed by atoms with Gasteiger partial charge in [-0.2, -0.15) is 0 Å². The molecular formula is C16H17NO4. The van der Waals surface area contributed by atoms with Gasteiger partial charge in [0.2, 0.25) is 0 Å². The molecule has 0 aromatic heterocycles. The minimum atomic E-state index is -0.501. The van der Waals surface area contributed by atoms with Crippen molar-refractivity contribution < 1.29 is 14.8 Å². The summed E-state index contributed by atoms with van der Waals surface area (Å²) < 4.78 is 5.62. The lowest BCUT2D eigenvalue weighted by Crippen LogP contribution is -2.03. The predicted molar refractivity (Wildman–Crippen MR) is 79.3 cm³/mol. The highest BCUT2D eigenvalue weighted by atomic mass is 16.6. The van der Waals surface area contributed by atoms with Gasteiger partial charge >= 0.3 is 5.69 Å². The largest absolute Gasteiger partial charge is 0.482 e. The van der Waals surface area contributed by atoms with Crippen LogP contribution in [0.25, 0.3) is 0 Å². The second-order valence-electron chi connectivity index (χ2n) is 4.88. The molecule has 0 aliphatic carbocycles. The van der Waals surface area contributed by atoms with E-state index in [1.165, 1.54) is 12.1 Å². The second-order valence-corrected chi connectivity index (χ2v) is 4.88. The van der Waals surface area contributed by atoms with Crippen molar-refractivity contribution in [3.8, 4) is 5.75 Å². The lowest BCUT2D eigenvalue weighted by atomic mass is 10.0. The summed E-state index contributed by atoms with van der Waals surface area (Å²) in [5.74, 6) is 0.208. The quantitative estimate of drug-likeness (QED) is 0.676. The molecule has 0 aliphatic rings. The number of ether oxygens (including phenoxy) is 1. The third kappa shape index (κ3) is 3.38. The van der Waals surface area contributed by atoms with Crippen LogP contribution in [0, 0.1) is 24.0 Å². The smallest absolute Gasteiger partial charge is 0.311 e. The Kier molecular flexibility index (Phi) is 4.55. The fourth-order valence-electron chi connectivity index (χ4n) is 2.15. The Bertz CT molecular complexity index is 647. The Morgan fingerprint density at radius 3 is 2.43 bits per heavy atom. The highest BCUT2D eigenvalue weighted by Gasteiger charge is 2.16. The first kappa shape index (κ1) is 15.0. The van der Waals surface area contributed by atoms with E-state index in [9.17, 15) is 10.1 Å². The minimum Gasteiger partial charge on any atom is -0.482 e. The van der Waals surface area contributed by atoms with Crippen LogP contribution in [-0.4, -0.2) is 10.0 Å². The van der Waals surface area contributed by atoms with Crippen molar-refractivity contribution in [1.29, 1.82) is 0 Å². The molecule has 5 heteroatoms. The number of nitrogens with zero attached hydrogens (tertiary/aromatic N) is 1. The summed E-state index contributed by atoms with van der Waals surface area (Å²) in [7, 11) is 0. The monoisotopic (exact) mass is 287 g/mol. The van der Waals surface area contributed by atoms with Gasteiger partial charge in [0, 0.05) is 6.07 Å². The number of nitro benzene ring substituents is 1. The van der Waals surface area contributed by atoms with Gasteiger partial charge < -0.3 is 9.84 Å². The molecule has 0 amide bonds. The Hall–Kier alpha value is -2.40. The van der Waals surface area contributed by atoms with Crippen molar-refractivity contribution in [1.82, 2.24) is 0 Å². The van der Waals surface area contributed by atoms with Crippen molar-refractivity contribution in [2.45, 2.75) is 27.1 Å².